The van der Waals surface area contributed by atoms with Crippen LogP contribution in [0.25, 0.3) is 66.5 Å². The van der Waals surface area contributed by atoms with Crippen molar-refractivity contribution >= 4 is 43.5 Å². The summed E-state index contributed by atoms with van der Waals surface area (Å²) in [6, 6.07) is 41.4. The Kier molecular flexibility index (Phi) is 6.43. The van der Waals surface area contributed by atoms with E-state index in [0.717, 1.165) is 55.1 Å². The van der Waals surface area contributed by atoms with Crippen molar-refractivity contribution in [2.45, 2.75) is 12.8 Å². The summed E-state index contributed by atoms with van der Waals surface area (Å²) >= 11 is 0. The number of nitrogens with one attached hydrogen (secondary N) is 2. The van der Waals surface area contributed by atoms with Gasteiger partial charge in [-0.25, -0.2) is 14.6 Å². The number of aromatic nitrogens is 3. The van der Waals surface area contributed by atoms with Crippen molar-refractivity contribution < 1.29 is 8.83 Å². The molecule has 230 valence electrons. The second kappa shape index (κ2) is 11.1. The molecule has 0 bridgehead atoms. The van der Waals surface area contributed by atoms with E-state index in [1.807, 2.05) is 72.8 Å². The van der Waals surface area contributed by atoms with Gasteiger partial charge in [0.25, 0.3) is 0 Å². The molecule has 48 heavy (non-hydrogen) atoms. The minimum absolute atomic E-state index is 0.272. The predicted molar refractivity (Wildman–Crippen MR) is 189 cm³/mol. The van der Waals surface area contributed by atoms with Crippen molar-refractivity contribution in [1.29, 1.82) is 0 Å². The van der Waals surface area contributed by atoms with Crippen LogP contribution in [0.5, 0.6) is 0 Å². The molecule has 0 spiro atoms. The maximum Gasteiger partial charge on any atom is 0.347 e. The van der Waals surface area contributed by atoms with Crippen LogP contribution in [-0.2, 0) is 12.8 Å². The number of rotatable bonds is 6. The van der Waals surface area contributed by atoms with E-state index in [9.17, 15) is 9.59 Å². The normalized spacial score (nSPS) is 11.7. The van der Waals surface area contributed by atoms with Gasteiger partial charge >= 0.3 is 11.3 Å². The average molecular weight is 626 g/mol. The Morgan fingerprint density at radius 3 is 1.73 bits per heavy atom. The van der Waals surface area contributed by atoms with Gasteiger partial charge in [0, 0.05) is 34.6 Å². The largest absolute Gasteiger partial charge is 0.421 e. The molecular formula is C41H27N3O4. The highest BCUT2D eigenvalue weighted by Gasteiger charge is 2.20. The Balaban J connectivity index is 1.08. The van der Waals surface area contributed by atoms with E-state index in [-0.39, 0.29) is 11.5 Å². The summed E-state index contributed by atoms with van der Waals surface area (Å²) in [6.07, 6.45) is 1.25. The van der Waals surface area contributed by atoms with Crippen molar-refractivity contribution in [3.8, 4) is 23.0 Å². The second-order valence-corrected chi connectivity index (χ2v) is 12.0. The topological polar surface area (TPSA) is 105 Å². The molecule has 0 aliphatic carbocycles. The van der Waals surface area contributed by atoms with Gasteiger partial charge in [-0.15, -0.1) is 0 Å². The van der Waals surface area contributed by atoms with Crippen LogP contribution >= 0.6 is 0 Å². The number of hydrogen-bond donors (Lipinski definition) is 2. The van der Waals surface area contributed by atoms with Crippen LogP contribution < -0.4 is 11.3 Å². The Bertz CT molecular complexity index is 2590. The molecule has 0 amide bonds. The third-order valence-corrected chi connectivity index (χ3v) is 9.08. The highest BCUT2D eigenvalue weighted by atomic mass is 16.4. The predicted octanol–water partition coefficient (Wildman–Crippen LogP) is 8.77. The Morgan fingerprint density at radius 2 is 1.04 bits per heavy atom. The van der Waals surface area contributed by atoms with Gasteiger partial charge in [0.15, 0.2) is 5.76 Å². The molecule has 0 fully saturated rings. The standard InChI is InChI=1S/C41H27N3O4/c45-40-27-10-2-1-9-26(27)23-36(47-40)37-31(28-11-3-6-14-33(28)42-37)21-24-17-19-25(20-18-24)22-32-29-12-4-7-15-34(29)43-38(32)39-44-35-16-8-5-13-30(35)41(46)48-39/h1-20,23,42-43H,21-22H2. The minimum Gasteiger partial charge on any atom is -0.421 e. The maximum atomic E-state index is 12.9. The van der Waals surface area contributed by atoms with Crippen LogP contribution in [0.4, 0.5) is 0 Å². The van der Waals surface area contributed by atoms with E-state index in [0.29, 0.717) is 40.6 Å². The van der Waals surface area contributed by atoms with E-state index >= 15 is 0 Å². The highest BCUT2D eigenvalue weighted by molar-refractivity contribution is 5.93. The molecule has 0 saturated heterocycles. The van der Waals surface area contributed by atoms with Gasteiger partial charge in [0.05, 0.1) is 22.0 Å². The zero-order chi connectivity index (χ0) is 32.2. The zero-order valence-electron chi connectivity index (χ0n) is 25.6. The molecule has 7 heteroatoms. The van der Waals surface area contributed by atoms with Crippen molar-refractivity contribution in [3.63, 3.8) is 0 Å². The molecule has 0 atom stereocenters. The lowest BCUT2D eigenvalue weighted by atomic mass is 9.97. The molecule has 4 aromatic heterocycles. The smallest absolute Gasteiger partial charge is 0.347 e. The molecule has 0 aliphatic rings. The number of benzene rings is 5. The lowest BCUT2D eigenvalue weighted by Crippen LogP contribution is -2.04. The molecule has 7 nitrogen and oxygen atoms in total. The van der Waals surface area contributed by atoms with E-state index in [2.05, 4.69) is 46.4 Å². The highest BCUT2D eigenvalue weighted by Crippen LogP contribution is 2.34. The maximum absolute atomic E-state index is 12.9. The number of hydrogen-bond acceptors (Lipinski definition) is 5. The lowest BCUT2D eigenvalue weighted by Gasteiger charge is -2.08. The number of H-pyrrole nitrogens is 2. The van der Waals surface area contributed by atoms with Crippen LogP contribution in [0.1, 0.15) is 22.3 Å². The van der Waals surface area contributed by atoms with Crippen molar-refractivity contribution in [2.24, 2.45) is 0 Å². The van der Waals surface area contributed by atoms with E-state index in [1.54, 1.807) is 18.2 Å². The summed E-state index contributed by atoms with van der Waals surface area (Å²) in [5, 5.41) is 3.99. The van der Waals surface area contributed by atoms with Gasteiger partial charge in [0.1, 0.15) is 5.69 Å². The number of para-hydroxylation sites is 3. The summed E-state index contributed by atoms with van der Waals surface area (Å²) in [5.41, 5.74) is 7.55. The summed E-state index contributed by atoms with van der Waals surface area (Å²) < 4.78 is 11.6. The van der Waals surface area contributed by atoms with Crippen LogP contribution in [0.2, 0.25) is 0 Å². The fourth-order valence-electron chi connectivity index (χ4n) is 6.73. The van der Waals surface area contributed by atoms with Gasteiger partial charge in [-0.3, -0.25) is 0 Å². The van der Waals surface area contributed by atoms with Crippen LogP contribution in [0.15, 0.2) is 146 Å². The molecule has 0 aliphatic heterocycles. The molecule has 0 unspecified atom stereocenters. The molecule has 4 heterocycles. The molecular weight excluding hydrogens is 598 g/mol. The zero-order valence-corrected chi connectivity index (χ0v) is 25.6. The van der Waals surface area contributed by atoms with Gasteiger partial charge in [-0.1, -0.05) is 91.0 Å². The van der Waals surface area contributed by atoms with Crippen molar-refractivity contribution in [1.82, 2.24) is 15.0 Å². The van der Waals surface area contributed by atoms with Gasteiger partial charge in [0.2, 0.25) is 5.89 Å². The van der Waals surface area contributed by atoms with Gasteiger partial charge in [-0.2, -0.15) is 0 Å². The third kappa shape index (κ3) is 4.72. The third-order valence-electron chi connectivity index (χ3n) is 9.08. The summed E-state index contributed by atoms with van der Waals surface area (Å²) in [6.45, 7) is 0. The van der Waals surface area contributed by atoms with E-state index in [4.69, 9.17) is 13.8 Å². The number of aromatic amines is 2. The Morgan fingerprint density at radius 1 is 0.521 bits per heavy atom. The molecule has 2 N–H and O–H groups in total. The first-order chi connectivity index (χ1) is 23.6. The SMILES string of the molecule is O=c1oc(-c2[nH]c3ccccc3c2Cc2ccc(Cc3c(-c4nc5ccccc5c(=O)o4)[nH]c4ccccc34)cc2)cc2ccccc12. The molecule has 5 aromatic carbocycles. The van der Waals surface area contributed by atoms with Gasteiger partial charge < -0.3 is 18.8 Å². The Labute approximate surface area is 273 Å². The second-order valence-electron chi connectivity index (χ2n) is 12.0. The van der Waals surface area contributed by atoms with Crippen molar-refractivity contribution in [2.75, 3.05) is 0 Å². The fourth-order valence-corrected chi connectivity index (χ4v) is 6.73. The number of fused-ring (bicyclic) bond motifs is 4. The average Bonchev–Trinajstić information content (AvgIpc) is 3.67. The molecule has 9 rings (SSSR count). The summed E-state index contributed by atoms with van der Waals surface area (Å²) in [4.78, 5) is 37.4. The molecule has 0 saturated carbocycles. The first-order valence-corrected chi connectivity index (χ1v) is 15.8. The number of nitrogens with zero attached hydrogens (tertiary/aromatic N) is 1. The van der Waals surface area contributed by atoms with Crippen LogP contribution in [-0.4, -0.2) is 15.0 Å². The fraction of sp³-hybridized carbons (Fsp3) is 0.0488. The van der Waals surface area contributed by atoms with E-state index in [1.165, 1.54) is 0 Å². The molecule has 9 aromatic rings. The van der Waals surface area contributed by atoms with E-state index < -0.39 is 5.63 Å². The Hall–Kier alpha value is -6.47. The lowest BCUT2D eigenvalue weighted by molar-refractivity contribution is 0.516. The van der Waals surface area contributed by atoms with Crippen molar-refractivity contribution in [3.05, 3.63) is 170 Å². The first-order valence-electron chi connectivity index (χ1n) is 15.8. The monoisotopic (exact) mass is 625 g/mol. The first kappa shape index (κ1) is 27.8. The van der Waals surface area contributed by atoms with Gasteiger partial charge in [-0.05, 0) is 64.0 Å². The quantitative estimate of drug-likeness (QED) is 0.192. The van der Waals surface area contributed by atoms with Crippen LogP contribution in [0, 0.1) is 0 Å². The molecule has 0 radical (unpaired) electrons. The summed E-state index contributed by atoms with van der Waals surface area (Å²) in [7, 11) is 0. The minimum atomic E-state index is -0.413. The van der Waals surface area contributed by atoms with Crippen LogP contribution in [0.3, 0.4) is 0 Å². The summed E-state index contributed by atoms with van der Waals surface area (Å²) in [5.74, 6) is 0.788.